The summed E-state index contributed by atoms with van der Waals surface area (Å²) in [4.78, 5) is 4.53. The summed E-state index contributed by atoms with van der Waals surface area (Å²) >= 11 is 3.52. The van der Waals surface area contributed by atoms with Crippen LogP contribution in [0.15, 0.2) is 40.9 Å². The minimum atomic E-state index is 0.0649. The van der Waals surface area contributed by atoms with E-state index in [0.717, 1.165) is 27.2 Å². The van der Waals surface area contributed by atoms with Gasteiger partial charge in [-0.1, -0.05) is 34.1 Å². The second-order valence-electron chi connectivity index (χ2n) is 4.96. The molecule has 1 heterocycles. The van der Waals surface area contributed by atoms with Crippen molar-refractivity contribution in [2.45, 2.75) is 32.9 Å². The molecule has 1 unspecified atom stereocenters. The van der Waals surface area contributed by atoms with Crippen molar-refractivity contribution in [3.63, 3.8) is 0 Å². The zero-order valence-corrected chi connectivity index (χ0v) is 13.4. The summed E-state index contributed by atoms with van der Waals surface area (Å²) in [5, 5.41) is 0. The fourth-order valence-corrected chi connectivity index (χ4v) is 2.35. The highest BCUT2D eigenvalue weighted by molar-refractivity contribution is 9.10. The van der Waals surface area contributed by atoms with Crippen molar-refractivity contribution >= 4 is 15.9 Å². The van der Waals surface area contributed by atoms with Gasteiger partial charge in [-0.15, -0.1) is 0 Å². The number of benzene rings is 1. The maximum atomic E-state index is 5.91. The molecule has 0 saturated heterocycles. The van der Waals surface area contributed by atoms with Gasteiger partial charge in [0.05, 0.1) is 5.69 Å². The zero-order chi connectivity index (χ0) is 14.5. The molecule has 2 rings (SSSR count). The van der Waals surface area contributed by atoms with E-state index in [2.05, 4.69) is 20.9 Å². The number of pyridine rings is 1. The highest BCUT2D eigenvalue weighted by Crippen LogP contribution is 2.22. The Morgan fingerprint density at radius 3 is 2.70 bits per heavy atom. The van der Waals surface area contributed by atoms with E-state index >= 15 is 0 Å². The molecule has 0 radical (unpaired) electrons. The number of hydrogen-bond acceptors (Lipinski definition) is 3. The summed E-state index contributed by atoms with van der Waals surface area (Å²) in [7, 11) is 0. The van der Waals surface area contributed by atoms with Crippen molar-refractivity contribution in [1.82, 2.24) is 4.98 Å². The molecule has 1 aromatic carbocycles. The van der Waals surface area contributed by atoms with Crippen LogP contribution in [-0.4, -0.2) is 11.0 Å². The van der Waals surface area contributed by atoms with Gasteiger partial charge in [-0.3, -0.25) is 4.98 Å². The Balaban J connectivity index is 2.15. The Kier molecular flexibility index (Phi) is 5.15. The van der Waals surface area contributed by atoms with Crippen LogP contribution in [0.1, 0.15) is 23.9 Å². The van der Waals surface area contributed by atoms with Gasteiger partial charge in [0.1, 0.15) is 12.4 Å². The number of nitrogens with zero attached hydrogens (tertiary/aromatic N) is 1. The molecule has 0 aliphatic carbocycles. The lowest BCUT2D eigenvalue weighted by Gasteiger charge is -2.13. The van der Waals surface area contributed by atoms with Gasteiger partial charge in [-0.2, -0.15) is 0 Å². The number of aromatic nitrogens is 1. The summed E-state index contributed by atoms with van der Waals surface area (Å²) in [6.45, 7) is 4.46. The van der Waals surface area contributed by atoms with Crippen LogP contribution in [0.2, 0.25) is 0 Å². The maximum absolute atomic E-state index is 5.91. The Morgan fingerprint density at radius 1 is 1.25 bits per heavy atom. The molecular formula is C16H19BrN2O. The average Bonchev–Trinajstić information content (AvgIpc) is 2.39. The van der Waals surface area contributed by atoms with Gasteiger partial charge in [0.15, 0.2) is 0 Å². The molecule has 0 bridgehead atoms. The quantitative estimate of drug-likeness (QED) is 0.908. The molecule has 0 fully saturated rings. The van der Waals surface area contributed by atoms with Crippen LogP contribution in [-0.2, 0) is 13.0 Å². The number of rotatable bonds is 5. The van der Waals surface area contributed by atoms with Crippen LogP contribution in [0.3, 0.4) is 0 Å². The SMILES string of the molecule is Cc1ccc(OCc2ccccc2Br)c(CC(C)N)n1. The lowest BCUT2D eigenvalue weighted by molar-refractivity contribution is 0.299. The smallest absolute Gasteiger partial charge is 0.141 e. The molecule has 0 saturated carbocycles. The van der Waals surface area contributed by atoms with Gasteiger partial charge in [0, 0.05) is 28.2 Å². The van der Waals surface area contributed by atoms with E-state index in [1.807, 2.05) is 50.2 Å². The van der Waals surface area contributed by atoms with E-state index < -0.39 is 0 Å². The van der Waals surface area contributed by atoms with Gasteiger partial charge in [-0.25, -0.2) is 0 Å². The first-order valence-electron chi connectivity index (χ1n) is 6.64. The minimum absolute atomic E-state index is 0.0649. The van der Waals surface area contributed by atoms with E-state index in [9.17, 15) is 0 Å². The predicted octanol–water partition coefficient (Wildman–Crippen LogP) is 3.62. The Bertz CT molecular complexity index is 584. The Morgan fingerprint density at radius 2 is 2.00 bits per heavy atom. The van der Waals surface area contributed by atoms with Crippen molar-refractivity contribution in [3.05, 3.63) is 57.8 Å². The molecule has 20 heavy (non-hydrogen) atoms. The third kappa shape index (κ3) is 4.05. The van der Waals surface area contributed by atoms with E-state index in [1.165, 1.54) is 0 Å². The van der Waals surface area contributed by atoms with Gasteiger partial charge >= 0.3 is 0 Å². The van der Waals surface area contributed by atoms with Crippen molar-refractivity contribution in [2.75, 3.05) is 0 Å². The van der Waals surface area contributed by atoms with Crippen LogP contribution < -0.4 is 10.5 Å². The monoisotopic (exact) mass is 334 g/mol. The zero-order valence-electron chi connectivity index (χ0n) is 11.8. The number of ether oxygens (including phenoxy) is 1. The van der Waals surface area contributed by atoms with Crippen LogP contribution in [0.5, 0.6) is 5.75 Å². The van der Waals surface area contributed by atoms with E-state index in [4.69, 9.17) is 10.5 Å². The molecular weight excluding hydrogens is 316 g/mol. The van der Waals surface area contributed by atoms with Gasteiger partial charge in [0.25, 0.3) is 0 Å². The van der Waals surface area contributed by atoms with Crippen LogP contribution in [0.4, 0.5) is 0 Å². The van der Waals surface area contributed by atoms with E-state index in [-0.39, 0.29) is 6.04 Å². The molecule has 0 aliphatic heterocycles. The van der Waals surface area contributed by atoms with Gasteiger partial charge < -0.3 is 10.5 Å². The number of aryl methyl sites for hydroxylation is 1. The normalized spacial score (nSPS) is 12.2. The van der Waals surface area contributed by atoms with Crippen LogP contribution in [0.25, 0.3) is 0 Å². The molecule has 0 spiro atoms. The summed E-state index contributed by atoms with van der Waals surface area (Å²) in [6.07, 6.45) is 0.715. The molecule has 2 N–H and O–H groups in total. The fraction of sp³-hybridized carbons (Fsp3) is 0.312. The standard InChI is InChI=1S/C16H19BrN2O/c1-11(18)9-15-16(8-7-12(2)19-15)20-10-13-5-3-4-6-14(13)17/h3-8,11H,9-10,18H2,1-2H3. The average molecular weight is 335 g/mol. The fourth-order valence-electron chi connectivity index (χ4n) is 1.95. The summed E-state index contributed by atoms with van der Waals surface area (Å²) in [6, 6.07) is 12.0. The molecule has 0 aliphatic rings. The lowest BCUT2D eigenvalue weighted by Crippen LogP contribution is -2.19. The second kappa shape index (κ2) is 6.86. The first-order chi connectivity index (χ1) is 9.56. The highest BCUT2D eigenvalue weighted by Gasteiger charge is 2.09. The molecule has 106 valence electrons. The largest absolute Gasteiger partial charge is 0.487 e. The topological polar surface area (TPSA) is 48.1 Å². The molecule has 0 amide bonds. The predicted molar refractivity (Wildman–Crippen MR) is 84.8 cm³/mol. The Labute approximate surface area is 128 Å². The Hall–Kier alpha value is -1.39. The summed E-state index contributed by atoms with van der Waals surface area (Å²) in [5.74, 6) is 0.809. The second-order valence-corrected chi connectivity index (χ2v) is 5.81. The summed E-state index contributed by atoms with van der Waals surface area (Å²) < 4.78 is 6.96. The van der Waals surface area contributed by atoms with E-state index in [1.54, 1.807) is 0 Å². The van der Waals surface area contributed by atoms with Crippen LogP contribution in [0, 0.1) is 6.92 Å². The minimum Gasteiger partial charge on any atom is -0.487 e. The van der Waals surface area contributed by atoms with Crippen molar-refractivity contribution < 1.29 is 4.74 Å². The number of nitrogens with two attached hydrogens (primary N) is 1. The number of halogens is 1. The van der Waals surface area contributed by atoms with Gasteiger partial charge in [0.2, 0.25) is 0 Å². The third-order valence-electron chi connectivity index (χ3n) is 2.93. The summed E-state index contributed by atoms with van der Waals surface area (Å²) in [5.41, 5.74) is 8.89. The first-order valence-corrected chi connectivity index (χ1v) is 7.44. The van der Waals surface area contributed by atoms with Crippen molar-refractivity contribution in [2.24, 2.45) is 5.73 Å². The number of hydrogen-bond donors (Lipinski definition) is 1. The molecule has 2 aromatic rings. The van der Waals surface area contributed by atoms with Crippen molar-refractivity contribution in [3.8, 4) is 5.75 Å². The third-order valence-corrected chi connectivity index (χ3v) is 3.70. The molecule has 4 heteroatoms. The lowest BCUT2D eigenvalue weighted by atomic mass is 10.1. The molecule has 3 nitrogen and oxygen atoms in total. The van der Waals surface area contributed by atoms with Crippen molar-refractivity contribution in [1.29, 1.82) is 0 Å². The van der Waals surface area contributed by atoms with Crippen LogP contribution >= 0.6 is 15.9 Å². The first kappa shape index (κ1) is 15.0. The molecule has 1 atom stereocenters. The highest BCUT2D eigenvalue weighted by atomic mass is 79.9. The van der Waals surface area contributed by atoms with Gasteiger partial charge in [-0.05, 0) is 32.0 Å². The maximum Gasteiger partial charge on any atom is 0.141 e. The molecule has 1 aromatic heterocycles. The van der Waals surface area contributed by atoms with E-state index in [0.29, 0.717) is 13.0 Å².